The van der Waals surface area contributed by atoms with Crippen LogP contribution in [0.2, 0.25) is 0 Å². The van der Waals surface area contributed by atoms with E-state index in [1.165, 1.54) is 30.3 Å². The van der Waals surface area contributed by atoms with Gasteiger partial charge in [-0.2, -0.15) is 4.98 Å². The second-order valence-corrected chi connectivity index (χ2v) is 6.94. The summed E-state index contributed by atoms with van der Waals surface area (Å²) in [5.41, 5.74) is 2.12. The molecular weight excluding hydrogens is 440 g/mol. The number of esters is 1. The van der Waals surface area contributed by atoms with E-state index in [0.29, 0.717) is 17.9 Å². The molecule has 10 heteroatoms. The summed E-state index contributed by atoms with van der Waals surface area (Å²) >= 11 is 0. The lowest BCUT2D eigenvalue weighted by atomic mass is 10.2. The fourth-order valence-electron chi connectivity index (χ4n) is 2.82. The van der Waals surface area contributed by atoms with Crippen molar-refractivity contribution in [2.75, 3.05) is 0 Å². The van der Waals surface area contributed by atoms with E-state index in [2.05, 4.69) is 15.1 Å². The van der Waals surface area contributed by atoms with E-state index in [1.54, 1.807) is 24.4 Å². The summed E-state index contributed by atoms with van der Waals surface area (Å²) in [5.74, 6) is 0.447. The predicted octanol–water partition coefficient (Wildman–Crippen LogP) is 4.38. The van der Waals surface area contributed by atoms with Crippen molar-refractivity contribution in [3.05, 3.63) is 106 Å². The van der Waals surface area contributed by atoms with Gasteiger partial charge in [0, 0.05) is 30.0 Å². The smallest absolute Gasteiger partial charge is 0.331 e. The molecule has 0 amide bonds. The molecule has 0 bridgehead atoms. The highest BCUT2D eigenvalue weighted by atomic mass is 16.6. The molecule has 0 fully saturated rings. The van der Waals surface area contributed by atoms with Crippen molar-refractivity contribution < 1.29 is 23.7 Å². The quantitative estimate of drug-likeness (QED) is 0.155. The van der Waals surface area contributed by atoms with E-state index in [0.717, 1.165) is 11.3 Å². The van der Waals surface area contributed by atoms with Crippen molar-refractivity contribution in [1.82, 2.24) is 15.1 Å². The second-order valence-electron chi connectivity index (χ2n) is 6.94. The fraction of sp³-hybridized carbons (Fsp3) is 0.0833. The number of nitro benzene ring substituents is 1. The maximum absolute atomic E-state index is 12.0. The predicted molar refractivity (Wildman–Crippen MR) is 120 cm³/mol. The number of nitrogens with zero attached hydrogens (tertiary/aromatic N) is 4. The third kappa shape index (κ3) is 6.10. The monoisotopic (exact) mass is 458 g/mol. The normalized spacial score (nSPS) is 10.8. The van der Waals surface area contributed by atoms with Crippen molar-refractivity contribution >= 4 is 17.7 Å². The van der Waals surface area contributed by atoms with Gasteiger partial charge in [0.25, 0.3) is 11.6 Å². The van der Waals surface area contributed by atoms with Gasteiger partial charge in [-0.05, 0) is 48.0 Å². The Labute approximate surface area is 193 Å². The van der Waals surface area contributed by atoms with E-state index in [-0.39, 0.29) is 24.0 Å². The van der Waals surface area contributed by atoms with Gasteiger partial charge >= 0.3 is 5.97 Å². The molecule has 2 aromatic heterocycles. The highest BCUT2D eigenvalue weighted by molar-refractivity contribution is 5.87. The number of carbonyl (C=O) groups is 1. The zero-order chi connectivity index (χ0) is 23.8. The number of pyridine rings is 1. The first-order chi connectivity index (χ1) is 16.6. The van der Waals surface area contributed by atoms with Crippen LogP contribution < -0.4 is 4.74 Å². The first-order valence-electron chi connectivity index (χ1n) is 10.1. The summed E-state index contributed by atoms with van der Waals surface area (Å²) in [6, 6.07) is 18.5. The number of hydrogen-bond donors (Lipinski definition) is 0. The molecular formula is C24H18N4O6. The van der Waals surface area contributed by atoms with Gasteiger partial charge in [0.15, 0.2) is 6.61 Å². The number of rotatable bonds is 9. The van der Waals surface area contributed by atoms with Crippen molar-refractivity contribution in [3.63, 3.8) is 0 Å². The lowest BCUT2D eigenvalue weighted by Gasteiger charge is -2.05. The number of benzene rings is 2. The number of aromatic nitrogens is 3. The molecule has 34 heavy (non-hydrogen) atoms. The van der Waals surface area contributed by atoms with Crippen molar-refractivity contribution in [2.45, 2.75) is 13.2 Å². The highest BCUT2D eigenvalue weighted by Gasteiger charge is 2.12. The van der Waals surface area contributed by atoms with E-state index in [1.807, 2.05) is 30.3 Å². The average Bonchev–Trinajstić information content (AvgIpc) is 3.35. The van der Waals surface area contributed by atoms with Crippen LogP contribution >= 0.6 is 0 Å². The number of non-ortho nitro benzene ring substituents is 1. The number of nitro groups is 1. The molecule has 4 rings (SSSR count). The van der Waals surface area contributed by atoms with E-state index in [9.17, 15) is 14.9 Å². The minimum absolute atomic E-state index is 0.0418. The van der Waals surface area contributed by atoms with Crippen LogP contribution in [0.1, 0.15) is 17.1 Å². The molecule has 0 saturated carbocycles. The highest BCUT2D eigenvalue weighted by Crippen LogP contribution is 2.20. The van der Waals surface area contributed by atoms with E-state index >= 15 is 0 Å². The summed E-state index contributed by atoms with van der Waals surface area (Å²) in [7, 11) is 0. The van der Waals surface area contributed by atoms with E-state index in [4.69, 9.17) is 14.0 Å². The molecule has 0 N–H and O–H groups in total. The van der Waals surface area contributed by atoms with Crippen molar-refractivity contribution in [1.29, 1.82) is 0 Å². The minimum Gasteiger partial charge on any atom is -0.487 e. The Hall–Kier alpha value is -4.86. The molecule has 0 radical (unpaired) electrons. The van der Waals surface area contributed by atoms with Gasteiger partial charge in [0.2, 0.25) is 5.82 Å². The third-order valence-corrected chi connectivity index (χ3v) is 4.55. The number of ether oxygens (including phenoxy) is 2. The molecule has 0 aliphatic rings. The molecule has 0 saturated heterocycles. The van der Waals surface area contributed by atoms with Crippen LogP contribution in [0.3, 0.4) is 0 Å². The van der Waals surface area contributed by atoms with E-state index < -0.39 is 10.9 Å². The van der Waals surface area contributed by atoms with Crippen molar-refractivity contribution in [3.8, 4) is 17.1 Å². The summed E-state index contributed by atoms with van der Waals surface area (Å²) in [6.45, 7) is 0.160. The molecule has 170 valence electrons. The van der Waals surface area contributed by atoms with Gasteiger partial charge in [-0.3, -0.25) is 15.1 Å². The van der Waals surface area contributed by atoms with Gasteiger partial charge in [0.05, 0.1) is 10.6 Å². The first-order valence-corrected chi connectivity index (χ1v) is 10.1. The molecule has 0 atom stereocenters. The summed E-state index contributed by atoms with van der Waals surface area (Å²) in [6.07, 6.45) is 4.61. The molecule has 0 aliphatic carbocycles. The van der Waals surface area contributed by atoms with Gasteiger partial charge < -0.3 is 14.0 Å². The largest absolute Gasteiger partial charge is 0.487 e. The Morgan fingerprint density at radius 1 is 1.03 bits per heavy atom. The van der Waals surface area contributed by atoms with Crippen LogP contribution in [0, 0.1) is 10.1 Å². The average molecular weight is 458 g/mol. The zero-order valence-corrected chi connectivity index (χ0v) is 17.7. The van der Waals surface area contributed by atoms with Crippen molar-refractivity contribution in [2.24, 2.45) is 0 Å². The van der Waals surface area contributed by atoms with Gasteiger partial charge in [0.1, 0.15) is 12.4 Å². The van der Waals surface area contributed by atoms with Crippen LogP contribution in [0.25, 0.3) is 17.5 Å². The molecule has 0 aliphatic heterocycles. The Bertz CT molecular complexity index is 1290. The molecule has 10 nitrogen and oxygen atoms in total. The third-order valence-electron chi connectivity index (χ3n) is 4.55. The second kappa shape index (κ2) is 10.6. The molecule has 4 aromatic rings. The topological polar surface area (TPSA) is 130 Å². The Balaban J connectivity index is 1.25. The molecule has 0 spiro atoms. The summed E-state index contributed by atoms with van der Waals surface area (Å²) in [4.78, 5) is 30.6. The van der Waals surface area contributed by atoms with Gasteiger partial charge in [-0.1, -0.05) is 23.4 Å². The molecule has 0 unspecified atom stereocenters. The Morgan fingerprint density at radius 3 is 2.53 bits per heavy atom. The van der Waals surface area contributed by atoms with Crippen LogP contribution in [0.15, 0.2) is 83.5 Å². The lowest BCUT2D eigenvalue weighted by molar-refractivity contribution is -0.384. The SMILES string of the molecule is O=C(C=Cc1ccc(OCc2ccccn2)cc1)OCc1nc(-c2ccc([N+](=O)[O-])cc2)no1. The number of hydrogen-bond acceptors (Lipinski definition) is 9. The zero-order valence-electron chi connectivity index (χ0n) is 17.7. The fourth-order valence-corrected chi connectivity index (χ4v) is 2.82. The first kappa shape index (κ1) is 22.3. The Kier molecular flexibility index (Phi) is 6.99. The van der Waals surface area contributed by atoms with Crippen LogP contribution in [0.4, 0.5) is 5.69 Å². The standard InChI is InChI=1S/C24H18N4O6/c29-23(13-6-17-4-11-21(12-5-17)32-15-19-3-1-2-14-25-19)33-16-22-26-24(27-34-22)18-7-9-20(10-8-18)28(30)31/h1-14H,15-16H2. The van der Waals surface area contributed by atoms with Gasteiger partial charge in [-0.25, -0.2) is 4.79 Å². The minimum atomic E-state index is -0.578. The molecule has 2 aromatic carbocycles. The maximum Gasteiger partial charge on any atom is 0.331 e. The van der Waals surface area contributed by atoms with Crippen LogP contribution in [-0.2, 0) is 22.7 Å². The summed E-state index contributed by atoms with van der Waals surface area (Å²) in [5, 5.41) is 14.5. The molecule has 2 heterocycles. The lowest BCUT2D eigenvalue weighted by Crippen LogP contribution is -2.01. The summed E-state index contributed by atoms with van der Waals surface area (Å²) < 4.78 is 15.9. The van der Waals surface area contributed by atoms with Crippen LogP contribution in [-0.4, -0.2) is 26.0 Å². The van der Waals surface area contributed by atoms with Crippen LogP contribution in [0.5, 0.6) is 5.75 Å². The number of carbonyl (C=O) groups excluding carboxylic acids is 1. The maximum atomic E-state index is 12.0. The Morgan fingerprint density at radius 2 is 1.82 bits per heavy atom. The van der Waals surface area contributed by atoms with Gasteiger partial charge in [-0.15, -0.1) is 0 Å².